The Morgan fingerprint density at radius 1 is 1.21 bits per heavy atom. The number of rotatable bonds is 4. The fourth-order valence-electron chi connectivity index (χ4n) is 2.25. The van der Waals surface area contributed by atoms with E-state index in [0.29, 0.717) is 0 Å². The van der Waals surface area contributed by atoms with E-state index >= 15 is 0 Å². The van der Waals surface area contributed by atoms with Gasteiger partial charge in [0.15, 0.2) is 0 Å². The summed E-state index contributed by atoms with van der Waals surface area (Å²) in [5.41, 5.74) is 1.66. The third-order valence-corrected chi connectivity index (χ3v) is 4.96. The zero-order valence-corrected chi connectivity index (χ0v) is 15.2. The second kappa shape index (κ2) is 6.81. The van der Waals surface area contributed by atoms with Crippen LogP contribution in [0, 0.1) is 3.57 Å². The summed E-state index contributed by atoms with van der Waals surface area (Å²) in [5.74, 6) is -1.80. The molecule has 1 aliphatic heterocycles. The molecule has 2 heterocycles. The Bertz CT molecular complexity index is 857. The molecule has 0 aliphatic carbocycles. The van der Waals surface area contributed by atoms with Crippen molar-refractivity contribution in [2.75, 3.05) is 6.54 Å². The fraction of sp³-hybridized carbons (Fsp3) is 0.0625. The molecule has 2 aromatic rings. The van der Waals surface area contributed by atoms with Crippen molar-refractivity contribution in [3.63, 3.8) is 0 Å². The van der Waals surface area contributed by atoms with E-state index in [1.807, 2.05) is 47.2 Å². The largest absolute Gasteiger partial charge is 0.480 e. The summed E-state index contributed by atoms with van der Waals surface area (Å²) in [4.78, 5) is 35.7. The molecule has 2 amide bonds. The zero-order chi connectivity index (χ0) is 17.3. The van der Waals surface area contributed by atoms with Gasteiger partial charge in [-0.3, -0.25) is 19.3 Å². The number of nitrogens with zero attached hydrogens (tertiary/aromatic N) is 2. The van der Waals surface area contributed by atoms with Crippen LogP contribution in [0.5, 0.6) is 0 Å². The van der Waals surface area contributed by atoms with Gasteiger partial charge >= 0.3 is 5.97 Å². The lowest BCUT2D eigenvalue weighted by molar-refractivity contribution is -0.140. The van der Waals surface area contributed by atoms with Crippen LogP contribution in [0.4, 0.5) is 4.79 Å². The number of hydrogen-bond donors (Lipinski definition) is 1. The highest BCUT2D eigenvalue weighted by molar-refractivity contribution is 14.1. The molecule has 0 bridgehead atoms. The van der Waals surface area contributed by atoms with Crippen molar-refractivity contribution < 1.29 is 19.5 Å². The minimum absolute atomic E-state index is 0.215. The van der Waals surface area contributed by atoms with E-state index in [-0.39, 0.29) is 4.91 Å². The number of halogens is 1. The molecule has 1 fully saturated rings. The lowest BCUT2D eigenvalue weighted by Gasteiger charge is -2.08. The summed E-state index contributed by atoms with van der Waals surface area (Å²) < 4.78 is 3.00. The molecule has 1 aromatic heterocycles. The average molecular weight is 454 g/mol. The number of imide groups is 1. The van der Waals surface area contributed by atoms with Crippen LogP contribution in [0.15, 0.2) is 47.5 Å². The molecule has 0 atom stereocenters. The van der Waals surface area contributed by atoms with Gasteiger partial charge in [0.1, 0.15) is 6.54 Å². The van der Waals surface area contributed by atoms with Crippen molar-refractivity contribution in [2.24, 2.45) is 0 Å². The van der Waals surface area contributed by atoms with E-state index in [0.717, 1.165) is 31.6 Å². The summed E-state index contributed by atoms with van der Waals surface area (Å²) in [6.07, 6.45) is 3.46. The van der Waals surface area contributed by atoms with Crippen LogP contribution in [0.1, 0.15) is 5.69 Å². The van der Waals surface area contributed by atoms with Crippen molar-refractivity contribution in [2.45, 2.75) is 0 Å². The van der Waals surface area contributed by atoms with Crippen LogP contribution >= 0.6 is 34.4 Å². The summed E-state index contributed by atoms with van der Waals surface area (Å²) in [5, 5.41) is 8.22. The van der Waals surface area contributed by atoms with E-state index in [2.05, 4.69) is 22.6 Å². The Labute approximate surface area is 155 Å². The van der Waals surface area contributed by atoms with E-state index < -0.39 is 23.7 Å². The molecule has 0 spiro atoms. The van der Waals surface area contributed by atoms with Crippen molar-refractivity contribution in [3.05, 3.63) is 56.8 Å². The van der Waals surface area contributed by atoms with Gasteiger partial charge in [-0.2, -0.15) is 0 Å². The SMILES string of the molecule is O=C(O)CN1C(=O)SC(=Cc2cccn2-c2ccc(I)cc2)C1=O. The number of carbonyl (C=O) groups excluding carboxylic acids is 2. The third-order valence-electron chi connectivity index (χ3n) is 3.33. The van der Waals surface area contributed by atoms with Gasteiger partial charge in [-0.1, -0.05) is 0 Å². The molecule has 24 heavy (non-hydrogen) atoms. The second-order valence-corrected chi connectivity index (χ2v) is 7.18. The normalized spacial score (nSPS) is 16.2. The predicted molar refractivity (Wildman–Crippen MR) is 98.8 cm³/mol. The number of carboxylic acids is 1. The standard InChI is InChI=1S/C16H11IN2O4S/c17-10-3-5-11(6-4-10)18-7-1-2-12(18)8-13-15(22)19(9-14(20)21)16(23)24-13/h1-8H,9H2,(H,20,21). The van der Waals surface area contributed by atoms with Crippen LogP contribution < -0.4 is 0 Å². The van der Waals surface area contributed by atoms with Gasteiger partial charge in [0.25, 0.3) is 11.1 Å². The van der Waals surface area contributed by atoms with Crippen molar-refractivity contribution in [1.82, 2.24) is 9.47 Å². The molecule has 8 heteroatoms. The third kappa shape index (κ3) is 3.39. The number of aromatic nitrogens is 1. The highest BCUT2D eigenvalue weighted by Crippen LogP contribution is 2.32. The van der Waals surface area contributed by atoms with Crippen LogP contribution in [0.3, 0.4) is 0 Å². The van der Waals surface area contributed by atoms with Crippen LogP contribution in [0.2, 0.25) is 0 Å². The lowest BCUT2D eigenvalue weighted by atomic mass is 10.3. The topological polar surface area (TPSA) is 79.6 Å². The quantitative estimate of drug-likeness (QED) is 0.567. The first kappa shape index (κ1) is 16.8. The maximum atomic E-state index is 12.2. The molecule has 0 unspecified atom stereocenters. The maximum Gasteiger partial charge on any atom is 0.323 e. The zero-order valence-electron chi connectivity index (χ0n) is 12.2. The first-order valence-electron chi connectivity index (χ1n) is 6.86. The molecular formula is C16H11IN2O4S. The van der Waals surface area contributed by atoms with Crippen molar-refractivity contribution >= 4 is 57.5 Å². The minimum Gasteiger partial charge on any atom is -0.480 e. The van der Waals surface area contributed by atoms with E-state index in [4.69, 9.17) is 5.11 Å². The summed E-state index contributed by atoms with van der Waals surface area (Å²) >= 11 is 2.97. The number of hydrogen-bond acceptors (Lipinski definition) is 4. The van der Waals surface area contributed by atoms with Gasteiger partial charge < -0.3 is 9.67 Å². The number of benzene rings is 1. The number of thioether (sulfide) groups is 1. The summed E-state index contributed by atoms with van der Waals surface area (Å²) in [6.45, 7) is -0.625. The Hall–Kier alpha value is -2.07. The number of amides is 2. The molecule has 6 nitrogen and oxygen atoms in total. The Morgan fingerprint density at radius 3 is 2.58 bits per heavy atom. The predicted octanol–water partition coefficient (Wildman–Crippen LogP) is 3.20. The maximum absolute atomic E-state index is 12.2. The molecule has 1 aliphatic rings. The van der Waals surface area contributed by atoms with Gasteiger partial charge in [0, 0.05) is 21.1 Å². The van der Waals surface area contributed by atoms with Gasteiger partial charge in [0.2, 0.25) is 0 Å². The van der Waals surface area contributed by atoms with E-state index in [1.165, 1.54) is 0 Å². The van der Waals surface area contributed by atoms with Crippen LogP contribution in [0.25, 0.3) is 11.8 Å². The Morgan fingerprint density at radius 2 is 1.92 bits per heavy atom. The molecule has 1 aromatic carbocycles. The summed E-state index contributed by atoms with van der Waals surface area (Å²) in [6, 6.07) is 11.5. The number of carbonyl (C=O) groups is 3. The van der Waals surface area contributed by atoms with Crippen molar-refractivity contribution in [1.29, 1.82) is 0 Å². The summed E-state index contributed by atoms with van der Waals surface area (Å²) in [7, 11) is 0. The molecule has 122 valence electrons. The Kier molecular flexibility index (Phi) is 4.76. The first-order valence-corrected chi connectivity index (χ1v) is 8.75. The van der Waals surface area contributed by atoms with Gasteiger partial charge in [-0.05, 0) is 76.8 Å². The monoisotopic (exact) mass is 454 g/mol. The molecular weight excluding hydrogens is 443 g/mol. The van der Waals surface area contributed by atoms with Crippen LogP contribution in [-0.4, -0.2) is 38.2 Å². The van der Waals surface area contributed by atoms with Crippen molar-refractivity contribution in [3.8, 4) is 5.69 Å². The van der Waals surface area contributed by atoms with E-state index in [9.17, 15) is 14.4 Å². The minimum atomic E-state index is -1.22. The molecule has 3 rings (SSSR count). The number of carboxylic acid groups (broad SMARTS) is 1. The average Bonchev–Trinajstić information content (AvgIpc) is 3.09. The van der Waals surface area contributed by atoms with Gasteiger partial charge in [0.05, 0.1) is 4.91 Å². The molecule has 1 N–H and O–H groups in total. The number of aliphatic carboxylic acids is 1. The molecule has 0 saturated carbocycles. The lowest BCUT2D eigenvalue weighted by Crippen LogP contribution is -2.33. The molecule has 1 saturated heterocycles. The fourth-order valence-corrected chi connectivity index (χ4v) is 3.44. The highest BCUT2D eigenvalue weighted by atomic mass is 127. The Balaban J connectivity index is 1.92. The molecule has 0 radical (unpaired) electrons. The highest BCUT2D eigenvalue weighted by Gasteiger charge is 2.36. The van der Waals surface area contributed by atoms with Crippen LogP contribution in [-0.2, 0) is 9.59 Å². The van der Waals surface area contributed by atoms with Gasteiger partial charge in [-0.15, -0.1) is 0 Å². The van der Waals surface area contributed by atoms with E-state index in [1.54, 1.807) is 6.08 Å². The van der Waals surface area contributed by atoms with Gasteiger partial charge in [-0.25, -0.2) is 0 Å². The first-order chi connectivity index (χ1) is 11.5. The smallest absolute Gasteiger partial charge is 0.323 e. The second-order valence-electron chi connectivity index (χ2n) is 4.94.